The van der Waals surface area contributed by atoms with Crippen LogP contribution in [0.25, 0.3) is 76.8 Å². The third-order valence-electron chi connectivity index (χ3n) is 12.3. The molecule has 0 N–H and O–H groups in total. The summed E-state index contributed by atoms with van der Waals surface area (Å²) < 4.78 is 6.51. The zero-order valence-electron chi connectivity index (χ0n) is 30.5. The lowest BCUT2D eigenvalue weighted by Gasteiger charge is -2.35. The lowest BCUT2D eigenvalue weighted by molar-refractivity contribution is 0.487. The molecule has 0 fully saturated rings. The molecular weight excluding hydrogens is 677 g/mol. The van der Waals surface area contributed by atoms with Crippen molar-refractivity contribution in [2.45, 2.75) is 5.41 Å². The van der Waals surface area contributed by atoms with Gasteiger partial charge >= 0.3 is 0 Å². The van der Waals surface area contributed by atoms with Crippen LogP contribution < -0.4 is 4.74 Å². The van der Waals surface area contributed by atoms with Crippen LogP contribution in [-0.2, 0) is 5.41 Å². The number of para-hydroxylation sites is 1. The van der Waals surface area contributed by atoms with Crippen molar-refractivity contribution in [1.29, 1.82) is 0 Å². The fraction of sp³-hybridized carbons (Fsp3) is 0.0182. The molecule has 0 aromatic heterocycles. The molecule has 1 heterocycles. The van der Waals surface area contributed by atoms with Crippen LogP contribution in [0.3, 0.4) is 0 Å². The normalized spacial score (nSPS) is 13.3. The van der Waals surface area contributed by atoms with Crippen molar-refractivity contribution in [2.24, 2.45) is 0 Å². The molecule has 0 atom stereocenters. The Morgan fingerprint density at radius 3 is 1.75 bits per heavy atom. The van der Waals surface area contributed by atoms with Gasteiger partial charge in [-0.25, -0.2) is 0 Å². The Kier molecular flexibility index (Phi) is 6.62. The third-order valence-corrected chi connectivity index (χ3v) is 12.3. The van der Waals surface area contributed by atoms with Crippen molar-refractivity contribution in [3.05, 3.63) is 229 Å². The molecule has 10 aromatic carbocycles. The minimum absolute atomic E-state index is 0.570. The second kappa shape index (κ2) is 11.9. The Morgan fingerprint density at radius 1 is 0.321 bits per heavy atom. The first kappa shape index (κ1) is 31.2. The van der Waals surface area contributed by atoms with E-state index in [9.17, 15) is 0 Å². The van der Waals surface area contributed by atoms with Crippen molar-refractivity contribution in [1.82, 2.24) is 0 Å². The first-order valence-corrected chi connectivity index (χ1v) is 19.4. The lowest BCUT2D eigenvalue weighted by atomic mass is 9.66. The van der Waals surface area contributed by atoms with E-state index >= 15 is 0 Å². The molecule has 56 heavy (non-hydrogen) atoms. The van der Waals surface area contributed by atoms with Crippen LogP contribution >= 0.6 is 0 Å². The van der Waals surface area contributed by atoms with Crippen LogP contribution in [0.4, 0.5) is 0 Å². The largest absolute Gasteiger partial charge is 0.456 e. The van der Waals surface area contributed by atoms with Crippen LogP contribution in [-0.4, -0.2) is 0 Å². The predicted molar refractivity (Wildman–Crippen MR) is 233 cm³/mol. The van der Waals surface area contributed by atoms with E-state index in [4.69, 9.17) is 4.74 Å². The number of hydrogen-bond donors (Lipinski definition) is 0. The van der Waals surface area contributed by atoms with Crippen LogP contribution in [0.2, 0.25) is 0 Å². The Morgan fingerprint density at radius 2 is 0.929 bits per heavy atom. The van der Waals surface area contributed by atoms with Crippen molar-refractivity contribution >= 4 is 32.3 Å². The van der Waals surface area contributed by atoms with E-state index in [0.29, 0.717) is 0 Å². The summed E-state index contributed by atoms with van der Waals surface area (Å²) in [7, 11) is 0. The summed E-state index contributed by atoms with van der Waals surface area (Å²) in [6.07, 6.45) is 0. The third kappa shape index (κ3) is 4.31. The summed E-state index contributed by atoms with van der Waals surface area (Å²) in [6, 6.07) is 76.0. The summed E-state index contributed by atoms with van der Waals surface area (Å²) >= 11 is 0. The molecule has 12 rings (SSSR count). The highest BCUT2D eigenvalue weighted by Gasteiger charge is 2.47. The van der Waals surface area contributed by atoms with Crippen molar-refractivity contribution < 1.29 is 4.74 Å². The van der Waals surface area contributed by atoms with Gasteiger partial charge in [0.15, 0.2) is 0 Å². The summed E-state index contributed by atoms with van der Waals surface area (Å²) in [5.41, 5.74) is 14.3. The molecule has 0 unspecified atom stereocenters. The Labute approximate surface area is 325 Å². The summed E-state index contributed by atoms with van der Waals surface area (Å²) in [6.45, 7) is 0. The lowest BCUT2D eigenvalue weighted by Crippen LogP contribution is -2.29. The molecule has 1 nitrogen and oxygen atoms in total. The zero-order chi connectivity index (χ0) is 36.8. The highest BCUT2D eigenvalue weighted by atomic mass is 16.5. The van der Waals surface area contributed by atoms with Crippen molar-refractivity contribution in [3.8, 4) is 56.0 Å². The smallest absolute Gasteiger partial charge is 0.135 e. The Bertz CT molecular complexity index is 3170. The standard InChI is InChI=1S/C55H34O/c1-3-15-39(16-4-1)55(40-17-5-2-6-18-40)50-34-38(42-31-32-52-53-46(42)21-12-22-47(53)45-19-9-10-24-51(45)56-52)27-28-44(50)49-30-29-43-41(20-11-23-48(43)54(49)55)37-26-25-35-13-7-8-14-36(35)33-37/h1-34H. The van der Waals surface area contributed by atoms with Gasteiger partial charge in [-0.1, -0.05) is 182 Å². The number of fused-ring (bicyclic) bond motifs is 8. The molecule has 0 bridgehead atoms. The fourth-order valence-electron chi connectivity index (χ4n) is 9.96. The quantitative estimate of drug-likeness (QED) is 0.177. The van der Waals surface area contributed by atoms with Gasteiger partial charge in [-0.05, 0) is 112 Å². The summed E-state index contributed by atoms with van der Waals surface area (Å²) in [5, 5.41) is 7.40. The number of rotatable bonds is 4. The fourth-order valence-corrected chi connectivity index (χ4v) is 9.96. The molecule has 1 heteroatoms. The number of hydrogen-bond acceptors (Lipinski definition) is 1. The van der Waals surface area contributed by atoms with E-state index in [1.54, 1.807) is 0 Å². The second-order valence-corrected chi connectivity index (χ2v) is 15.1. The monoisotopic (exact) mass is 710 g/mol. The maximum atomic E-state index is 6.51. The SMILES string of the molecule is c1ccc(C2(c3ccccc3)c3cc(-c4ccc5c6c(cccc46)-c4ccccc4O5)ccc3-c3ccc4c(-c5ccc6ccccc6c5)cccc4c32)cc1. The van der Waals surface area contributed by atoms with E-state index < -0.39 is 5.41 Å². The van der Waals surface area contributed by atoms with Crippen LogP contribution in [0.1, 0.15) is 22.3 Å². The maximum Gasteiger partial charge on any atom is 0.135 e. The van der Waals surface area contributed by atoms with Crippen LogP contribution in [0.5, 0.6) is 11.5 Å². The maximum absolute atomic E-state index is 6.51. The molecule has 260 valence electrons. The molecular formula is C55H34O. The molecule has 0 amide bonds. The first-order chi connectivity index (χ1) is 27.8. The summed E-state index contributed by atoms with van der Waals surface area (Å²) in [4.78, 5) is 0. The van der Waals surface area contributed by atoms with Gasteiger partial charge < -0.3 is 4.74 Å². The Balaban J connectivity index is 1.15. The molecule has 0 saturated carbocycles. The van der Waals surface area contributed by atoms with Gasteiger partial charge in [0.05, 0.1) is 5.41 Å². The van der Waals surface area contributed by atoms with Gasteiger partial charge in [-0.15, -0.1) is 0 Å². The van der Waals surface area contributed by atoms with Gasteiger partial charge in [0.25, 0.3) is 0 Å². The molecule has 10 aromatic rings. The van der Waals surface area contributed by atoms with Gasteiger partial charge in [0, 0.05) is 10.9 Å². The average molecular weight is 711 g/mol. The highest BCUT2D eigenvalue weighted by molar-refractivity contribution is 6.11. The zero-order valence-corrected chi connectivity index (χ0v) is 30.5. The Hall–Kier alpha value is -7.22. The van der Waals surface area contributed by atoms with E-state index in [1.807, 2.05) is 6.07 Å². The van der Waals surface area contributed by atoms with E-state index in [-0.39, 0.29) is 0 Å². The molecule has 0 radical (unpaired) electrons. The molecule has 2 aliphatic rings. The van der Waals surface area contributed by atoms with E-state index in [2.05, 4.69) is 200 Å². The van der Waals surface area contributed by atoms with E-state index in [0.717, 1.165) is 22.4 Å². The second-order valence-electron chi connectivity index (χ2n) is 15.1. The molecule has 0 spiro atoms. The predicted octanol–water partition coefficient (Wildman–Crippen LogP) is 14.6. The van der Waals surface area contributed by atoms with E-state index in [1.165, 1.54) is 88.1 Å². The van der Waals surface area contributed by atoms with Crippen molar-refractivity contribution in [3.63, 3.8) is 0 Å². The topological polar surface area (TPSA) is 9.23 Å². The minimum atomic E-state index is -0.570. The van der Waals surface area contributed by atoms with Crippen molar-refractivity contribution in [2.75, 3.05) is 0 Å². The van der Waals surface area contributed by atoms with Crippen LogP contribution in [0, 0.1) is 0 Å². The first-order valence-electron chi connectivity index (χ1n) is 19.4. The molecule has 0 saturated heterocycles. The number of ether oxygens (including phenoxy) is 1. The van der Waals surface area contributed by atoms with Gasteiger partial charge in [-0.2, -0.15) is 0 Å². The van der Waals surface area contributed by atoms with Gasteiger partial charge in [0.2, 0.25) is 0 Å². The average Bonchev–Trinajstić information content (AvgIpc) is 3.58. The van der Waals surface area contributed by atoms with Gasteiger partial charge in [-0.3, -0.25) is 0 Å². The summed E-state index contributed by atoms with van der Waals surface area (Å²) in [5.74, 6) is 1.81. The number of benzene rings is 10. The van der Waals surface area contributed by atoms with Crippen LogP contribution in [0.15, 0.2) is 206 Å². The van der Waals surface area contributed by atoms with Gasteiger partial charge in [0.1, 0.15) is 11.5 Å². The molecule has 1 aliphatic heterocycles. The highest BCUT2D eigenvalue weighted by Crippen LogP contribution is 2.59. The minimum Gasteiger partial charge on any atom is -0.456 e. The molecule has 1 aliphatic carbocycles.